The second kappa shape index (κ2) is 11.2. The van der Waals surface area contributed by atoms with Gasteiger partial charge in [-0.25, -0.2) is 0 Å². The summed E-state index contributed by atoms with van der Waals surface area (Å²) in [5.74, 6) is 1.77. The average Bonchev–Trinajstić information content (AvgIpc) is 3.75. The predicted octanol–water partition coefficient (Wildman–Crippen LogP) is 3.60. The van der Waals surface area contributed by atoms with Crippen LogP contribution in [0.4, 0.5) is 11.5 Å². The van der Waals surface area contributed by atoms with Crippen LogP contribution < -0.4 is 14.5 Å². The fourth-order valence-corrected chi connectivity index (χ4v) is 6.66. The van der Waals surface area contributed by atoms with Gasteiger partial charge in [0.1, 0.15) is 17.9 Å². The highest BCUT2D eigenvalue weighted by atomic mass is 16.5. The van der Waals surface area contributed by atoms with Crippen LogP contribution in [0.1, 0.15) is 30.5 Å². The van der Waals surface area contributed by atoms with Gasteiger partial charge in [-0.05, 0) is 49.8 Å². The lowest BCUT2D eigenvalue weighted by molar-refractivity contribution is -0.104. The van der Waals surface area contributed by atoms with Crippen LogP contribution in [0.25, 0.3) is 10.8 Å². The van der Waals surface area contributed by atoms with Crippen molar-refractivity contribution >= 4 is 28.6 Å². The number of hydrogen-bond acceptors (Lipinski definition) is 9. The normalized spacial score (nSPS) is 21.6. The standard InChI is InChI=1S/C32H38N6O3/c39-17-3-10-35-13-15-36(16-14-35)31-28-9-12-38(30-19-26(40)18-24-4-1-2-5-27(24)30)21-29(28)33-32(34-31)41-22-23-8-11-37(20-23)25-6-7-25/h1-5,10,17-19,23,25,40H,6-9,11-16,20-22H2/t23-/m1/s1. The van der Waals surface area contributed by atoms with E-state index in [0.717, 1.165) is 86.0 Å². The maximum Gasteiger partial charge on any atom is 0.318 e. The number of aldehydes is 1. The molecule has 9 nitrogen and oxygen atoms in total. The van der Waals surface area contributed by atoms with Crippen LogP contribution in [0.2, 0.25) is 0 Å². The third-order valence-corrected chi connectivity index (χ3v) is 9.01. The average molecular weight is 555 g/mol. The van der Waals surface area contributed by atoms with E-state index in [9.17, 15) is 9.90 Å². The SMILES string of the molecule is O=CC=CN1CCN(c2nc(OC[C@@H]3CCN(C4CC4)C3)nc3c2CCN(c2cc(O)cc4ccccc24)C3)CC1. The summed E-state index contributed by atoms with van der Waals surface area (Å²) in [6, 6.07) is 13.2. The van der Waals surface area contributed by atoms with Crippen molar-refractivity contribution < 1.29 is 14.6 Å². The number of aromatic nitrogens is 2. The van der Waals surface area contributed by atoms with E-state index in [4.69, 9.17) is 14.7 Å². The molecule has 9 heteroatoms. The van der Waals surface area contributed by atoms with Gasteiger partial charge in [0, 0.05) is 80.1 Å². The van der Waals surface area contributed by atoms with Crippen molar-refractivity contribution in [2.24, 2.45) is 5.92 Å². The Labute approximate surface area is 241 Å². The summed E-state index contributed by atoms with van der Waals surface area (Å²) in [5.41, 5.74) is 3.21. The highest BCUT2D eigenvalue weighted by molar-refractivity contribution is 5.95. The van der Waals surface area contributed by atoms with Crippen LogP contribution in [-0.2, 0) is 17.8 Å². The van der Waals surface area contributed by atoms with Crippen LogP contribution in [0.3, 0.4) is 0 Å². The van der Waals surface area contributed by atoms with Crippen LogP contribution >= 0.6 is 0 Å². The first-order chi connectivity index (χ1) is 20.1. The Kier molecular flexibility index (Phi) is 7.12. The molecule has 1 aliphatic carbocycles. The number of carbonyl (C=O) groups excluding carboxylic acids is 1. The molecule has 7 rings (SSSR count). The number of ether oxygens (including phenoxy) is 1. The smallest absolute Gasteiger partial charge is 0.318 e. The fraction of sp³-hybridized carbons (Fsp3) is 0.469. The number of carbonyl (C=O) groups is 1. The second-order valence-corrected chi connectivity index (χ2v) is 11.8. The molecule has 3 fully saturated rings. The lowest BCUT2D eigenvalue weighted by Gasteiger charge is -2.38. The quantitative estimate of drug-likeness (QED) is 0.332. The van der Waals surface area contributed by atoms with Gasteiger partial charge in [0.2, 0.25) is 0 Å². The third kappa shape index (κ3) is 5.55. The van der Waals surface area contributed by atoms with Crippen molar-refractivity contribution in [3.63, 3.8) is 0 Å². The molecule has 214 valence electrons. The summed E-state index contributed by atoms with van der Waals surface area (Å²) in [4.78, 5) is 30.3. The van der Waals surface area contributed by atoms with Gasteiger partial charge < -0.3 is 24.5 Å². The van der Waals surface area contributed by atoms with E-state index < -0.39 is 0 Å². The highest BCUT2D eigenvalue weighted by Gasteiger charge is 2.35. The minimum Gasteiger partial charge on any atom is -0.508 e. The summed E-state index contributed by atoms with van der Waals surface area (Å²) in [6.07, 6.45) is 8.93. The van der Waals surface area contributed by atoms with Gasteiger partial charge in [0.15, 0.2) is 0 Å². The number of anilines is 2. The summed E-state index contributed by atoms with van der Waals surface area (Å²) in [7, 11) is 0. The third-order valence-electron chi connectivity index (χ3n) is 9.01. The summed E-state index contributed by atoms with van der Waals surface area (Å²) in [5, 5.41) is 12.6. The maximum absolute atomic E-state index is 10.8. The number of piperazine rings is 1. The van der Waals surface area contributed by atoms with E-state index in [2.05, 4.69) is 25.7 Å². The van der Waals surface area contributed by atoms with Crippen molar-refractivity contribution in [1.29, 1.82) is 0 Å². The molecule has 1 aromatic heterocycles. The predicted molar refractivity (Wildman–Crippen MR) is 160 cm³/mol. The largest absolute Gasteiger partial charge is 0.508 e. The van der Waals surface area contributed by atoms with Crippen LogP contribution in [0.5, 0.6) is 11.8 Å². The molecule has 4 aliphatic rings. The van der Waals surface area contributed by atoms with Crippen molar-refractivity contribution in [1.82, 2.24) is 19.8 Å². The molecule has 0 spiro atoms. The number of rotatable bonds is 8. The Bertz CT molecular complexity index is 1450. The van der Waals surface area contributed by atoms with Crippen molar-refractivity contribution in [3.05, 3.63) is 59.9 Å². The summed E-state index contributed by atoms with van der Waals surface area (Å²) >= 11 is 0. The van der Waals surface area contributed by atoms with Gasteiger partial charge in [-0.1, -0.05) is 24.3 Å². The first kappa shape index (κ1) is 26.1. The van der Waals surface area contributed by atoms with Crippen LogP contribution in [-0.4, -0.2) is 89.6 Å². The number of phenols is 1. The highest BCUT2D eigenvalue weighted by Crippen LogP contribution is 2.37. The Hall–Kier alpha value is -3.85. The molecule has 0 amide bonds. The Morgan fingerprint density at radius 2 is 1.83 bits per heavy atom. The molecular formula is C32H38N6O3. The number of hydrogen-bond donors (Lipinski definition) is 1. The topological polar surface area (TPSA) is 85.3 Å². The van der Waals surface area contributed by atoms with Gasteiger partial charge in [-0.2, -0.15) is 9.97 Å². The van der Waals surface area contributed by atoms with Gasteiger partial charge in [0.05, 0.1) is 18.8 Å². The van der Waals surface area contributed by atoms with E-state index >= 15 is 0 Å². The number of phenolic OH excluding ortho intramolecular Hbond substituents is 1. The molecule has 0 bridgehead atoms. The molecule has 1 saturated carbocycles. The Morgan fingerprint density at radius 3 is 2.66 bits per heavy atom. The van der Waals surface area contributed by atoms with E-state index in [1.54, 1.807) is 6.08 Å². The number of allylic oxidation sites excluding steroid dienone is 1. The van der Waals surface area contributed by atoms with Gasteiger partial charge in [-0.3, -0.25) is 9.69 Å². The van der Waals surface area contributed by atoms with E-state index in [0.29, 0.717) is 25.1 Å². The molecule has 2 saturated heterocycles. The second-order valence-electron chi connectivity index (χ2n) is 11.8. The van der Waals surface area contributed by atoms with Crippen LogP contribution in [0, 0.1) is 5.92 Å². The maximum atomic E-state index is 10.8. The minimum absolute atomic E-state index is 0.273. The lowest BCUT2D eigenvalue weighted by atomic mass is 10.0. The number of fused-ring (bicyclic) bond motifs is 2. The van der Waals surface area contributed by atoms with Crippen molar-refractivity contribution in [2.75, 3.05) is 62.2 Å². The molecule has 1 N–H and O–H groups in total. The monoisotopic (exact) mass is 554 g/mol. The lowest BCUT2D eigenvalue weighted by Crippen LogP contribution is -2.45. The molecule has 2 aromatic carbocycles. The zero-order chi connectivity index (χ0) is 27.8. The molecule has 3 aromatic rings. The number of aromatic hydroxyl groups is 1. The minimum atomic E-state index is 0.273. The molecule has 3 aliphatic heterocycles. The zero-order valence-electron chi connectivity index (χ0n) is 23.5. The number of benzene rings is 2. The number of nitrogens with zero attached hydrogens (tertiary/aromatic N) is 6. The van der Waals surface area contributed by atoms with Crippen molar-refractivity contribution in [3.8, 4) is 11.8 Å². The van der Waals surface area contributed by atoms with Gasteiger partial charge >= 0.3 is 6.01 Å². The van der Waals surface area contributed by atoms with E-state index in [1.807, 2.05) is 36.5 Å². The summed E-state index contributed by atoms with van der Waals surface area (Å²) < 4.78 is 6.35. The molecule has 0 radical (unpaired) electrons. The molecule has 41 heavy (non-hydrogen) atoms. The molecular weight excluding hydrogens is 516 g/mol. The van der Waals surface area contributed by atoms with Gasteiger partial charge in [0.25, 0.3) is 0 Å². The fourth-order valence-electron chi connectivity index (χ4n) is 6.66. The first-order valence-electron chi connectivity index (χ1n) is 15.0. The van der Waals surface area contributed by atoms with E-state index in [-0.39, 0.29) is 5.75 Å². The molecule has 1 atom stereocenters. The van der Waals surface area contributed by atoms with Crippen LogP contribution in [0.15, 0.2) is 48.7 Å². The Balaban J connectivity index is 1.15. The van der Waals surface area contributed by atoms with Gasteiger partial charge in [-0.15, -0.1) is 0 Å². The zero-order valence-corrected chi connectivity index (χ0v) is 23.5. The Morgan fingerprint density at radius 1 is 0.976 bits per heavy atom. The molecule has 0 unspecified atom stereocenters. The first-order valence-corrected chi connectivity index (χ1v) is 15.0. The van der Waals surface area contributed by atoms with E-state index in [1.165, 1.54) is 31.4 Å². The van der Waals surface area contributed by atoms with Crippen molar-refractivity contribution in [2.45, 2.75) is 38.3 Å². The molecule has 4 heterocycles. The summed E-state index contributed by atoms with van der Waals surface area (Å²) in [6.45, 7) is 7.69. The number of likely N-dealkylation sites (tertiary alicyclic amines) is 1.